The van der Waals surface area contributed by atoms with Crippen LogP contribution in [0.2, 0.25) is 0 Å². The topological polar surface area (TPSA) is 93.8 Å². The van der Waals surface area contributed by atoms with E-state index in [0.717, 1.165) is 23.2 Å². The second kappa shape index (κ2) is 6.63. The quantitative estimate of drug-likeness (QED) is 0.754. The summed E-state index contributed by atoms with van der Waals surface area (Å²) in [4.78, 5) is 29.2. The van der Waals surface area contributed by atoms with Gasteiger partial charge in [0.25, 0.3) is 5.56 Å². The fourth-order valence-corrected chi connectivity index (χ4v) is 3.89. The molecular formula is C20H20N4O2. The Hall–Kier alpha value is -3.15. The van der Waals surface area contributed by atoms with Crippen LogP contribution in [0.25, 0.3) is 5.82 Å². The number of carbonyl (C=O) groups excluding carboxylic acids is 1. The van der Waals surface area contributed by atoms with Gasteiger partial charge in [-0.25, -0.2) is 9.67 Å². The van der Waals surface area contributed by atoms with Gasteiger partial charge in [0.05, 0.1) is 5.92 Å². The molecule has 1 amide bonds. The molecule has 0 aliphatic heterocycles. The Morgan fingerprint density at radius 1 is 1.19 bits per heavy atom. The van der Waals surface area contributed by atoms with Crippen LogP contribution in [0.15, 0.2) is 59.5 Å². The Kier molecular flexibility index (Phi) is 4.16. The van der Waals surface area contributed by atoms with Gasteiger partial charge in [-0.05, 0) is 42.9 Å². The van der Waals surface area contributed by atoms with Gasteiger partial charge in [0, 0.05) is 17.5 Å². The van der Waals surface area contributed by atoms with Crippen molar-refractivity contribution < 1.29 is 4.79 Å². The smallest absolute Gasteiger partial charge is 0.276 e. The number of hydrogen-bond acceptors (Lipinski definition) is 3. The molecule has 4 rings (SSSR count). The fourth-order valence-electron chi connectivity index (χ4n) is 3.89. The van der Waals surface area contributed by atoms with Gasteiger partial charge >= 0.3 is 0 Å². The summed E-state index contributed by atoms with van der Waals surface area (Å²) in [6, 6.07) is 15.0. The van der Waals surface area contributed by atoms with E-state index < -0.39 is 0 Å². The van der Waals surface area contributed by atoms with E-state index in [4.69, 9.17) is 5.73 Å². The van der Waals surface area contributed by atoms with Gasteiger partial charge in [0.2, 0.25) is 5.91 Å². The summed E-state index contributed by atoms with van der Waals surface area (Å²) in [6.07, 6.45) is 3.71. The average molecular weight is 348 g/mol. The molecule has 3 aromatic rings. The molecule has 1 aliphatic carbocycles. The molecule has 0 radical (unpaired) electrons. The van der Waals surface area contributed by atoms with E-state index in [1.165, 1.54) is 4.68 Å². The number of nitrogens with zero attached hydrogens (tertiary/aromatic N) is 2. The maximum Gasteiger partial charge on any atom is 0.276 e. The van der Waals surface area contributed by atoms with Crippen molar-refractivity contribution in [3.63, 3.8) is 0 Å². The average Bonchev–Trinajstić information content (AvgIpc) is 3.00. The predicted molar refractivity (Wildman–Crippen MR) is 98.1 cm³/mol. The molecular weight excluding hydrogens is 328 g/mol. The van der Waals surface area contributed by atoms with E-state index in [9.17, 15) is 9.59 Å². The standard InChI is InChI=1S/C20H20N4O2/c21-19(25)18(13-6-2-1-3-7-13)14-9-10-16-15(12-14)20(26)24(23-16)17-8-4-5-11-22-17/h1-8,11,14,18,23H,9-10,12H2,(H2,21,25). The van der Waals surface area contributed by atoms with Crippen LogP contribution < -0.4 is 11.3 Å². The normalized spacial score (nSPS) is 17.5. The van der Waals surface area contributed by atoms with Crippen LogP contribution in [-0.2, 0) is 17.6 Å². The molecule has 2 atom stereocenters. The van der Waals surface area contributed by atoms with Crippen LogP contribution in [0, 0.1) is 5.92 Å². The van der Waals surface area contributed by atoms with E-state index in [2.05, 4.69) is 10.1 Å². The Morgan fingerprint density at radius 3 is 2.65 bits per heavy atom. The summed E-state index contributed by atoms with van der Waals surface area (Å²) < 4.78 is 1.48. The van der Waals surface area contributed by atoms with E-state index in [1.54, 1.807) is 12.3 Å². The lowest BCUT2D eigenvalue weighted by atomic mass is 9.76. The third kappa shape index (κ3) is 2.83. The monoisotopic (exact) mass is 348 g/mol. The lowest BCUT2D eigenvalue weighted by molar-refractivity contribution is -0.120. The van der Waals surface area contributed by atoms with Crippen molar-refractivity contribution in [1.29, 1.82) is 0 Å². The Labute approximate surface area is 150 Å². The zero-order chi connectivity index (χ0) is 18.1. The van der Waals surface area contributed by atoms with Gasteiger partial charge in [-0.1, -0.05) is 36.4 Å². The first-order valence-corrected chi connectivity index (χ1v) is 8.73. The summed E-state index contributed by atoms with van der Waals surface area (Å²) in [7, 11) is 0. The minimum atomic E-state index is -0.387. The van der Waals surface area contributed by atoms with Gasteiger partial charge in [-0.15, -0.1) is 0 Å². The number of nitrogens with one attached hydrogen (secondary N) is 1. The third-order valence-electron chi connectivity index (χ3n) is 5.12. The summed E-state index contributed by atoms with van der Waals surface area (Å²) in [6.45, 7) is 0. The number of fused-ring (bicyclic) bond motifs is 1. The number of primary amides is 1. The third-order valence-corrected chi connectivity index (χ3v) is 5.12. The predicted octanol–water partition coefficient (Wildman–Crippen LogP) is 1.93. The largest absolute Gasteiger partial charge is 0.369 e. The molecule has 6 nitrogen and oxygen atoms in total. The molecule has 0 bridgehead atoms. The summed E-state index contributed by atoms with van der Waals surface area (Å²) in [5.41, 5.74) is 8.18. The van der Waals surface area contributed by atoms with E-state index in [0.29, 0.717) is 18.7 Å². The highest BCUT2D eigenvalue weighted by molar-refractivity contribution is 5.82. The molecule has 2 unspecified atom stereocenters. The van der Waals surface area contributed by atoms with Crippen LogP contribution >= 0.6 is 0 Å². The number of benzene rings is 1. The molecule has 0 saturated heterocycles. The first-order valence-electron chi connectivity index (χ1n) is 8.73. The molecule has 0 fully saturated rings. The summed E-state index contributed by atoms with van der Waals surface area (Å²) in [5.74, 6) is -0.145. The number of hydrogen-bond donors (Lipinski definition) is 2. The highest BCUT2D eigenvalue weighted by Gasteiger charge is 2.33. The van der Waals surface area contributed by atoms with Crippen molar-refractivity contribution in [2.45, 2.75) is 25.2 Å². The molecule has 6 heteroatoms. The van der Waals surface area contributed by atoms with Gasteiger partial charge in [0.1, 0.15) is 0 Å². The Balaban J connectivity index is 1.69. The van der Waals surface area contributed by atoms with Crippen LogP contribution in [0.3, 0.4) is 0 Å². The lowest BCUT2D eigenvalue weighted by Crippen LogP contribution is -2.32. The molecule has 26 heavy (non-hydrogen) atoms. The molecule has 0 spiro atoms. The molecule has 1 aromatic carbocycles. The SMILES string of the molecule is NC(=O)C(c1ccccc1)C1CCc2[nH]n(-c3ccccn3)c(=O)c2C1. The van der Waals surface area contributed by atoms with Crippen LogP contribution in [0.4, 0.5) is 0 Å². The fraction of sp³-hybridized carbons (Fsp3) is 0.250. The second-order valence-corrected chi connectivity index (χ2v) is 6.69. The first kappa shape index (κ1) is 16.3. The summed E-state index contributed by atoms with van der Waals surface area (Å²) >= 11 is 0. The minimum Gasteiger partial charge on any atom is -0.369 e. The number of aromatic nitrogens is 3. The maximum atomic E-state index is 12.9. The second-order valence-electron chi connectivity index (χ2n) is 6.69. The van der Waals surface area contributed by atoms with Crippen LogP contribution in [0.5, 0.6) is 0 Å². The number of nitrogens with two attached hydrogens (primary N) is 1. The van der Waals surface area contributed by atoms with Crippen molar-refractivity contribution in [2.75, 3.05) is 0 Å². The van der Waals surface area contributed by atoms with Crippen molar-refractivity contribution in [2.24, 2.45) is 11.7 Å². The van der Waals surface area contributed by atoms with E-state index in [1.807, 2.05) is 42.5 Å². The maximum absolute atomic E-state index is 12.9. The van der Waals surface area contributed by atoms with Crippen LogP contribution in [0.1, 0.15) is 29.2 Å². The lowest BCUT2D eigenvalue weighted by Gasteiger charge is -2.28. The number of aromatic amines is 1. The molecule has 2 heterocycles. The Morgan fingerprint density at radius 2 is 1.96 bits per heavy atom. The van der Waals surface area contributed by atoms with Crippen molar-refractivity contribution in [3.05, 3.63) is 81.9 Å². The first-order chi connectivity index (χ1) is 12.6. The zero-order valence-electron chi connectivity index (χ0n) is 14.3. The summed E-state index contributed by atoms with van der Waals surface area (Å²) in [5, 5.41) is 3.17. The van der Waals surface area contributed by atoms with Crippen molar-refractivity contribution in [1.82, 2.24) is 14.8 Å². The van der Waals surface area contributed by atoms with Crippen molar-refractivity contribution >= 4 is 5.91 Å². The number of pyridine rings is 1. The molecule has 1 aliphatic rings. The van der Waals surface area contributed by atoms with Gasteiger partial charge in [-0.2, -0.15) is 0 Å². The highest BCUT2D eigenvalue weighted by Crippen LogP contribution is 2.34. The minimum absolute atomic E-state index is 0.0167. The molecule has 0 saturated carbocycles. The number of aryl methyl sites for hydroxylation is 1. The number of H-pyrrole nitrogens is 1. The number of amides is 1. The van der Waals surface area contributed by atoms with Gasteiger partial charge in [0.15, 0.2) is 5.82 Å². The van der Waals surface area contributed by atoms with Gasteiger partial charge in [-0.3, -0.25) is 14.7 Å². The molecule has 132 valence electrons. The van der Waals surface area contributed by atoms with E-state index >= 15 is 0 Å². The molecule has 3 N–H and O–H groups in total. The molecule has 2 aromatic heterocycles. The van der Waals surface area contributed by atoms with Crippen LogP contribution in [-0.4, -0.2) is 20.7 Å². The Bertz CT molecular complexity index is 976. The van der Waals surface area contributed by atoms with Crippen molar-refractivity contribution in [3.8, 4) is 5.82 Å². The number of rotatable bonds is 4. The van der Waals surface area contributed by atoms with E-state index in [-0.39, 0.29) is 23.3 Å². The number of carbonyl (C=O) groups is 1. The zero-order valence-corrected chi connectivity index (χ0v) is 14.3. The highest BCUT2D eigenvalue weighted by atomic mass is 16.1. The van der Waals surface area contributed by atoms with Gasteiger partial charge < -0.3 is 5.73 Å².